The van der Waals surface area contributed by atoms with Crippen LogP contribution in [-0.2, 0) is 16.4 Å². The molecular weight excluding hydrogens is 288 g/mol. The highest BCUT2D eigenvalue weighted by molar-refractivity contribution is 7.89. The molecule has 0 bridgehead atoms. The highest BCUT2D eigenvalue weighted by Gasteiger charge is 2.29. The number of furan rings is 1. The topological polar surface area (TPSA) is 76.5 Å². The molecule has 1 saturated heterocycles. The van der Waals surface area contributed by atoms with Crippen LogP contribution in [0.2, 0.25) is 0 Å². The number of likely N-dealkylation sites (tertiary alicyclic amines) is 1. The Morgan fingerprint density at radius 1 is 1.43 bits per heavy atom. The fraction of sp³-hybridized carbons (Fsp3) is 0.733. The Morgan fingerprint density at radius 2 is 2.19 bits per heavy atom. The molecule has 0 aliphatic carbocycles. The lowest BCUT2D eigenvalue weighted by Crippen LogP contribution is -2.37. The molecular formula is C15H26N2O3S. The number of sulfonamides is 1. The summed E-state index contributed by atoms with van der Waals surface area (Å²) in [5, 5.41) is 5.08. The summed E-state index contributed by atoms with van der Waals surface area (Å²) in [6, 6.07) is 4.36. The van der Waals surface area contributed by atoms with Crippen molar-refractivity contribution in [3.8, 4) is 0 Å². The van der Waals surface area contributed by atoms with Gasteiger partial charge in [-0.15, -0.1) is 0 Å². The minimum atomic E-state index is -3.37. The third-order valence-electron chi connectivity index (χ3n) is 4.21. The van der Waals surface area contributed by atoms with Crippen LogP contribution in [0.15, 0.2) is 16.5 Å². The van der Waals surface area contributed by atoms with Gasteiger partial charge in [0.25, 0.3) is 0 Å². The molecule has 0 saturated carbocycles. The van der Waals surface area contributed by atoms with E-state index in [-0.39, 0.29) is 11.8 Å². The Kier molecular flexibility index (Phi) is 5.46. The highest BCUT2D eigenvalue weighted by atomic mass is 32.2. The van der Waals surface area contributed by atoms with E-state index in [1.807, 2.05) is 6.07 Å². The van der Waals surface area contributed by atoms with Crippen molar-refractivity contribution < 1.29 is 12.8 Å². The molecule has 5 nitrogen and oxygen atoms in total. The van der Waals surface area contributed by atoms with Gasteiger partial charge in [-0.1, -0.05) is 13.8 Å². The first-order valence-electron chi connectivity index (χ1n) is 7.72. The molecule has 120 valence electrons. The van der Waals surface area contributed by atoms with Crippen molar-refractivity contribution in [2.75, 3.05) is 18.8 Å². The number of piperidine rings is 1. The Morgan fingerprint density at radius 3 is 2.81 bits per heavy atom. The maximum atomic E-state index is 11.1. The monoisotopic (exact) mass is 314 g/mol. The van der Waals surface area contributed by atoms with Crippen LogP contribution in [0.1, 0.15) is 50.7 Å². The van der Waals surface area contributed by atoms with Crippen LogP contribution in [-0.4, -0.2) is 32.2 Å². The summed E-state index contributed by atoms with van der Waals surface area (Å²) in [4.78, 5) is 2.34. The smallest absolute Gasteiger partial charge is 0.209 e. The fourth-order valence-electron chi connectivity index (χ4n) is 2.99. The van der Waals surface area contributed by atoms with Crippen molar-refractivity contribution in [1.29, 1.82) is 0 Å². The Bertz CT molecular complexity index is 553. The predicted molar refractivity (Wildman–Crippen MR) is 83.4 cm³/mol. The van der Waals surface area contributed by atoms with E-state index in [0.717, 1.165) is 43.9 Å². The minimum absolute atomic E-state index is 0.0458. The summed E-state index contributed by atoms with van der Waals surface area (Å²) in [7, 11) is -3.37. The number of nitrogens with two attached hydrogens (primary N) is 1. The molecule has 0 spiro atoms. The summed E-state index contributed by atoms with van der Waals surface area (Å²) in [6.07, 6.45) is 3.68. The van der Waals surface area contributed by atoms with Crippen LogP contribution >= 0.6 is 0 Å². The van der Waals surface area contributed by atoms with E-state index in [4.69, 9.17) is 9.56 Å². The first-order chi connectivity index (χ1) is 9.89. The molecule has 2 atom stereocenters. The number of hydrogen-bond donors (Lipinski definition) is 1. The van der Waals surface area contributed by atoms with Crippen LogP contribution < -0.4 is 5.14 Å². The van der Waals surface area contributed by atoms with E-state index in [1.165, 1.54) is 0 Å². The summed E-state index contributed by atoms with van der Waals surface area (Å²) < 4.78 is 28.0. The van der Waals surface area contributed by atoms with Gasteiger partial charge in [-0.05, 0) is 50.4 Å². The molecule has 0 aromatic carbocycles. The van der Waals surface area contributed by atoms with E-state index in [0.29, 0.717) is 12.3 Å². The van der Waals surface area contributed by atoms with Gasteiger partial charge in [0.2, 0.25) is 10.0 Å². The Hall–Kier alpha value is -0.850. The lowest BCUT2D eigenvalue weighted by atomic mass is 9.91. The highest BCUT2D eigenvalue weighted by Crippen LogP contribution is 2.34. The van der Waals surface area contributed by atoms with E-state index >= 15 is 0 Å². The van der Waals surface area contributed by atoms with Crippen LogP contribution in [0.25, 0.3) is 0 Å². The van der Waals surface area contributed by atoms with Crippen molar-refractivity contribution in [3.63, 3.8) is 0 Å². The molecule has 21 heavy (non-hydrogen) atoms. The molecule has 1 aliphatic rings. The summed E-state index contributed by atoms with van der Waals surface area (Å²) in [6.45, 7) is 6.07. The van der Waals surface area contributed by atoms with Crippen LogP contribution in [0.4, 0.5) is 0 Å². The second-order valence-electron chi connectivity index (χ2n) is 6.06. The van der Waals surface area contributed by atoms with Crippen LogP contribution in [0, 0.1) is 5.92 Å². The largest absolute Gasteiger partial charge is 0.464 e. The lowest BCUT2D eigenvalue weighted by Gasteiger charge is -2.37. The zero-order chi connectivity index (χ0) is 15.5. The van der Waals surface area contributed by atoms with Crippen molar-refractivity contribution >= 4 is 10.0 Å². The first kappa shape index (κ1) is 16.5. The normalized spacial score (nSPS) is 24.3. The third kappa shape index (κ3) is 4.83. The van der Waals surface area contributed by atoms with Crippen molar-refractivity contribution in [2.45, 2.75) is 45.6 Å². The van der Waals surface area contributed by atoms with E-state index in [9.17, 15) is 8.42 Å². The van der Waals surface area contributed by atoms with E-state index in [1.54, 1.807) is 0 Å². The van der Waals surface area contributed by atoms with E-state index < -0.39 is 10.0 Å². The fourth-order valence-corrected chi connectivity index (χ4v) is 3.52. The number of hydrogen-bond acceptors (Lipinski definition) is 4. The molecule has 0 radical (unpaired) electrons. The minimum Gasteiger partial charge on any atom is -0.464 e. The van der Waals surface area contributed by atoms with E-state index in [2.05, 4.69) is 24.8 Å². The molecule has 2 rings (SSSR count). The van der Waals surface area contributed by atoms with Gasteiger partial charge in [-0.3, -0.25) is 4.90 Å². The molecule has 1 aliphatic heterocycles. The predicted octanol–water partition coefficient (Wildman–Crippen LogP) is 2.29. The zero-order valence-corrected chi connectivity index (χ0v) is 13.7. The average Bonchev–Trinajstić information content (AvgIpc) is 2.87. The van der Waals surface area contributed by atoms with Crippen molar-refractivity contribution in [3.05, 3.63) is 23.7 Å². The second kappa shape index (κ2) is 6.94. The molecule has 0 unspecified atom stereocenters. The van der Waals surface area contributed by atoms with Gasteiger partial charge in [0.05, 0.1) is 11.8 Å². The van der Waals surface area contributed by atoms with Crippen molar-refractivity contribution in [1.82, 2.24) is 4.90 Å². The number of rotatable bonds is 6. The SMILES string of the molecule is CCc1ccc([C@H]2C[C@@H](C)CCN2CCCS(N)(=O)=O)o1. The number of primary sulfonamides is 1. The van der Waals surface area contributed by atoms with Crippen LogP contribution in [0.5, 0.6) is 0 Å². The standard InChI is InChI=1S/C15H26N2O3S/c1-3-13-5-6-15(20-13)14-11-12(2)7-9-17(14)8-4-10-21(16,18)19/h5-6,12,14H,3-4,7-11H2,1-2H3,(H2,16,18,19)/t12-,14+/m0/s1. The van der Waals surface area contributed by atoms with Gasteiger partial charge in [-0.2, -0.15) is 0 Å². The van der Waals surface area contributed by atoms with Gasteiger partial charge in [0.1, 0.15) is 11.5 Å². The molecule has 1 fully saturated rings. The quantitative estimate of drug-likeness (QED) is 0.874. The van der Waals surface area contributed by atoms with Gasteiger partial charge in [0.15, 0.2) is 0 Å². The number of aryl methyl sites for hydroxylation is 1. The Balaban J connectivity index is 2.02. The molecule has 6 heteroatoms. The Labute approximate surface area is 127 Å². The molecule has 0 amide bonds. The maximum absolute atomic E-state index is 11.1. The molecule has 2 N–H and O–H groups in total. The summed E-state index contributed by atoms with van der Waals surface area (Å²) >= 11 is 0. The van der Waals surface area contributed by atoms with Gasteiger partial charge in [0, 0.05) is 6.42 Å². The first-order valence-corrected chi connectivity index (χ1v) is 9.43. The molecule has 1 aromatic rings. The lowest BCUT2D eigenvalue weighted by molar-refractivity contribution is 0.101. The van der Waals surface area contributed by atoms with Crippen molar-refractivity contribution in [2.24, 2.45) is 11.1 Å². The van der Waals surface area contributed by atoms with Crippen LogP contribution in [0.3, 0.4) is 0 Å². The zero-order valence-electron chi connectivity index (χ0n) is 12.9. The maximum Gasteiger partial charge on any atom is 0.209 e. The number of nitrogens with zero attached hydrogens (tertiary/aromatic N) is 1. The molecule has 2 heterocycles. The van der Waals surface area contributed by atoms with Gasteiger partial charge >= 0.3 is 0 Å². The molecule has 1 aromatic heterocycles. The third-order valence-corrected chi connectivity index (χ3v) is 5.07. The summed E-state index contributed by atoms with van der Waals surface area (Å²) in [5.41, 5.74) is 0. The van der Waals surface area contributed by atoms with Gasteiger partial charge in [-0.25, -0.2) is 13.6 Å². The summed E-state index contributed by atoms with van der Waals surface area (Å²) in [5.74, 6) is 2.73. The second-order valence-corrected chi connectivity index (χ2v) is 7.79. The average molecular weight is 314 g/mol. The van der Waals surface area contributed by atoms with Gasteiger partial charge < -0.3 is 4.42 Å².